The summed E-state index contributed by atoms with van der Waals surface area (Å²) in [6.07, 6.45) is 8.34. The van der Waals surface area contributed by atoms with Gasteiger partial charge < -0.3 is 4.42 Å². The van der Waals surface area contributed by atoms with E-state index in [-0.39, 0.29) is 11.8 Å². The zero-order valence-corrected chi connectivity index (χ0v) is 25.8. The zero-order valence-electron chi connectivity index (χ0n) is 25.8. The molecule has 5 aromatic carbocycles. The Morgan fingerprint density at radius 1 is 0.596 bits per heavy atom. The summed E-state index contributed by atoms with van der Waals surface area (Å²) in [7, 11) is 0. The van der Waals surface area contributed by atoms with E-state index in [0.29, 0.717) is 5.82 Å². The van der Waals surface area contributed by atoms with Crippen molar-refractivity contribution in [3.8, 4) is 33.8 Å². The highest BCUT2D eigenvalue weighted by atomic mass is 16.3. The molecule has 4 nitrogen and oxygen atoms in total. The Morgan fingerprint density at radius 3 is 2.06 bits per heavy atom. The molecule has 2 aliphatic rings. The third-order valence-corrected chi connectivity index (χ3v) is 9.41. The Morgan fingerprint density at radius 2 is 1.28 bits per heavy atom. The average molecular weight is 606 g/mol. The first kappa shape index (κ1) is 27.4. The Labute approximate surface area is 273 Å². The van der Waals surface area contributed by atoms with Crippen LogP contribution in [0.1, 0.15) is 46.6 Å². The molecule has 2 unspecified atom stereocenters. The van der Waals surface area contributed by atoms with Crippen LogP contribution in [0.5, 0.6) is 0 Å². The van der Waals surface area contributed by atoms with Gasteiger partial charge in [0.05, 0.1) is 0 Å². The molecule has 9 rings (SSSR count). The first-order chi connectivity index (χ1) is 23.3. The van der Waals surface area contributed by atoms with E-state index in [1.165, 1.54) is 33.4 Å². The molecule has 2 aromatic heterocycles. The molecule has 47 heavy (non-hydrogen) atoms. The minimum absolute atomic E-state index is 0.0389. The standard InChI is InChI=1S/C43H31N3O/c1-4-13-28(14-5-1)31-19-12-20-33(25-31)42-44-41(30-17-8-3-9-18-30)45-43(46-42)38-27-37-36-26-32(29-15-6-2-7-16-29)23-24-39(36)47-40(37)35-22-11-10-21-34(35)38/h1-19,21-26,33,38H,20,27H2. The monoisotopic (exact) mass is 605 g/mol. The highest BCUT2D eigenvalue weighted by Gasteiger charge is 2.33. The number of hydrogen-bond donors (Lipinski definition) is 0. The quantitative estimate of drug-likeness (QED) is 0.196. The number of furan rings is 1. The molecule has 224 valence electrons. The fraction of sp³-hybridized carbons (Fsp3) is 0.0930. The third-order valence-electron chi connectivity index (χ3n) is 9.41. The topological polar surface area (TPSA) is 51.8 Å². The van der Waals surface area contributed by atoms with Crippen molar-refractivity contribution < 1.29 is 4.42 Å². The molecule has 2 heterocycles. The van der Waals surface area contributed by atoms with Crippen LogP contribution in [0.2, 0.25) is 0 Å². The van der Waals surface area contributed by atoms with Gasteiger partial charge >= 0.3 is 0 Å². The highest BCUT2D eigenvalue weighted by Crippen LogP contribution is 2.47. The van der Waals surface area contributed by atoms with Crippen molar-refractivity contribution >= 4 is 16.5 Å². The van der Waals surface area contributed by atoms with Gasteiger partial charge in [0.2, 0.25) is 0 Å². The highest BCUT2D eigenvalue weighted by molar-refractivity contribution is 5.93. The largest absolute Gasteiger partial charge is 0.456 e. The van der Waals surface area contributed by atoms with Gasteiger partial charge in [0.1, 0.15) is 23.0 Å². The molecule has 0 bridgehead atoms. The molecular formula is C43H31N3O. The van der Waals surface area contributed by atoms with Crippen molar-refractivity contribution in [2.45, 2.75) is 24.7 Å². The number of nitrogens with zero attached hydrogens (tertiary/aromatic N) is 3. The van der Waals surface area contributed by atoms with Gasteiger partial charge in [-0.25, -0.2) is 15.0 Å². The van der Waals surface area contributed by atoms with E-state index in [0.717, 1.165) is 52.3 Å². The van der Waals surface area contributed by atoms with Gasteiger partial charge in [-0.1, -0.05) is 140 Å². The smallest absolute Gasteiger partial charge is 0.163 e. The normalized spacial score (nSPS) is 16.8. The third kappa shape index (κ3) is 4.99. The first-order valence-electron chi connectivity index (χ1n) is 16.2. The summed E-state index contributed by atoms with van der Waals surface area (Å²) >= 11 is 0. The predicted octanol–water partition coefficient (Wildman–Crippen LogP) is 10.4. The second-order valence-electron chi connectivity index (χ2n) is 12.3. The molecule has 0 amide bonds. The maximum Gasteiger partial charge on any atom is 0.163 e. The van der Waals surface area contributed by atoms with E-state index in [9.17, 15) is 0 Å². The van der Waals surface area contributed by atoms with Gasteiger partial charge in [0.15, 0.2) is 5.82 Å². The molecule has 4 heteroatoms. The molecule has 7 aromatic rings. The first-order valence-corrected chi connectivity index (χ1v) is 16.2. The van der Waals surface area contributed by atoms with Crippen molar-refractivity contribution in [1.82, 2.24) is 15.0 Å². The minimum atomic E-state index is -0.0548. The molecule has 0 saturated heterocycles. The molecule has 2 atom stereocenters. The molecule has 0 spiro atoms. The summed E-state index contributed by atoms with van der Waals surface area (Å²) in [5.74, 6) is 3.24. The molecular weight excluding hydrogens is 574 g/mol. The van der Waals surface area contributed by atoms with Gasteiger partial charge in [0.25, 0.3) is 0 Å². The Balaban J connectivity index is 1.19. The summed E-state index contributed by atoms with van der Waals surface area (Å²) in [6.45, 7) is 0. The van der Waals surface area contributed by atoms with Gasteiger partial charge in [-0.05, 0) is 52.8 Å². The molecule has 0 saturated carbocycles. The molecule has 0 radical (unpaired) electrons. The van der Waals surface area contributed by atoms with Gasteiger partial charge in [-0.2, -0.15) is 0 Å². The fourth-order valence-electron chi connectivity index (χ4n) is 7.06. The second kappa shape index (κ2) is 11.5. The number of allylic oxidation sites excluding steroid dienone is 4. The lowest BCUT2D eigenvalue weighted by atomic mass is 9.80. The maximum atomic E-state index is 6.59. The van der Waals surface area contributed by atoms with Crippen LogP contribution in [-0.4, -0.2) is 15.0 Å². The van der Waals surface area contributed by atoms with E-state index in [4.69, 9.17) is 19.4 Å². The molecule has 0 aliphatic heterocycles. The van der Waals surface area contributed by atoms with Gasteiger partial charge in [-0.15, -0.1) is 0 Å². The van der Waals surface area contributed by atoms with E-state index >= 15 is 0 Å². The molecule has 2 aliphatic carbocycles. The van der Waals surface area contributed by atoms with Crippen LogP contribution < -0.4 is 0 Å². The fourth-order valence-corrected chi connectivity index (χ4v) is 7.06. The Hall–Kier alpha value is -5.87. The lowest BCUT2D eigenvalue weighted by Crippen LogP contribution is -2.18. The van der Waals surface area contributed by atoms with E-state index in [1.807, 2.05) is 18.2 Å². The Kier molecular flexibility index (Phi) is 6.71. The summed E-state index contributed by atoms with van der Waals surface area (Å²) in [5.41, 5.74) is 10.1. The SMILES string of the molecule is C1=CC(c2ccccc2)=CC(c2nc(-c3ccccc3)nc(C3Cc4c(oc5ccc(-c6ccccc6)cc45)-c4ccccc43)n2)C1. The van der Waals surface area contributed by atoms with Crippen LogP contribution in [0.25, 0.3) is 50.4 Å². The van der Waals surface area contributed by atoms with Crippen LogP contribution >= 0.6 is 0 Å². The molecule has 0 fully saturated rings. The van der Waals surface area contributed by atoms with Crippen LogP contribution in [0.15, 0.2) is 156 Å². The zero-order chi connectivity index (χ0) is 31.2. The summed E-state index contributed by atoms with van der Waals surface area (Å²) in [6, 6.07) is 46.4. The van der Waals surface area contributed by atoms with Crippen LogP contribution in [0, 0.1) is 0 Å². The average Bonchev–Trinajstić information content (AvgIpc) is 3.53. The van der Waals surface area contributed by atoms with Crippen LogP contribution in [0.3, 0.4) is 0 Å². The van der Waals surface area contributed by atoms with Crippen molar-refractivity contribution in [3.05, 3.63) is 180 Å². The Bertz CT molecular complexity index is 2300. The lowest BCUT2D eigenvalue weighted by Gasteiger charge is -2.25. The summed E-state index contributed by atoms with van der Waals surface area (Å²) in [4.78, 5) is 15.6. The van der Waals surface area contributed by atoms with Crippen LogP contribution in [0.4, 0.5) is 0 Å². The van der Waals surface area contributed by atoms with Crippen LogP contribution in [-0.2, 0) is 6.42 Å². The number of rotatable bonds is 5. The minimum Gasteiger partial charge on any atom is -0.456 e. The van der Waals surface area contributed by atoms with E-state index < -0.39 is 0 Å². The number of aromatic nitrogens is 3. The van der Waals surface area contributed by atoms with E-state index in [1.54, 1.807) is 0 Å². The maximum absolute atomic E-state index is 6.59. The summed E-state index contributed by atoms with van der Waals surface area (Å²) in [5, 5.41) is 1.14. The van der Waals surface area contributed by atoms with Crippen molar-refractivity contribution in [2.24, 2.45) is 0 Å². The summed E-state index contributed by atoms with van der Waals surface area (Å²) < 4.78 is 6.59. The number of benzene rings is 5. The van der Waals surface area contributed by atoms with Crippen molar-refractivity contribution in [1.29, 1.82) is 0 Å². The van der Waals surface area contributed by atoms with Gasteiger partial charge in [-0.3, -0.25) is 0 Å². The van der Waals surface area contributed by atoms with Crippen molar-refractivity contribution in [3.63, 3.8) is 0 Å². The predicted molar refractivity (Wildman–Crippen MR) is 189 cm³/mol. The van der Waals surface area contributed by atoms with Gasteiger partial charge in [0, 0.05) is 33.9 Å². The lowest BCUT2D eigenvalue weighted by molar-refractivity contribution is 0.608. The van der Waals surface area contributed by atoms with Crippen molar-refractivity contribution in [2.75, 3.05) is 0 Å². The number of hydrogen-bond acceptors (Lipinski definition) is 4. The number of fused-ring (bicyclic) bond motifs is 5. The second-order valence-corrected chi connectivity index (χ2v) is 12.3. The van der Waals surface area contributed by atoms with E-state index in [2.05, 4.69) is 133 Å². The molecule has 0 N–H and O–H groups in total.